The number of benzene rings is 2. The second-order valence-corrected chi connectivity index (χ2v) is 14.2. The minimum absolute atomic E-state index is 0.115. The Hall–Kier alpha value is -5.70. The predicted octanol–water partition coefficient (Wildman–Crippen LogP) is 5.10. The zero-order valence-electron chi connectivity index (χ0n) is 31.7. The Morgan fingerprint density at radius 2 is 1.24 bits per heavy atom. The molecule has 2 aromatic carbocycles. The molecule has 54 heavy (non-hydrogen) atoms. The zero-order chi connectivity index (χ0) is 39.1. The van der Waals surface area contributed by atoms with Crippen molar-refractivity contribution in [2.24, 2.45) is 11.8 Å². The van der Waals surface area contributed by atoms with Gasteiger partial charge in [-0.25, -0.2) is 19.6 Å². The fourth-order valence-corrected chi connectivity index (χ4v) is 6.55. The summed E-state index contributed by atoms with van der Waals surface area (Å²) < 4.78 is 9.40. The van der Waals surface area contributed by atoms with Crippen molar-refractivity contribution in [3.63, 3.8) is 0 Å². The number of alkyl carbamates (subject to hydrolysis) is 2. The van der Waals surface area contributed by atoms with E-state index >= 15 is 0 Å². The highest BCUT2D eigenvalue weighted by atomic mass is 16.5. The van der Waals surface area contributed by atoms with Crippen LogP contribution in [0.4, 0.5) is 9.59 Å². The van der Waals surface area contributed by atoms with Crippen molar-refractivity contribution in [1.82, 2.24) is 40.8 Å². The van der Waals surface area contributed by atoms with Crippen LogP contribution in [0.2, 0.25) is 0 Å². The minimum atomic E-state index is -0.974. The van der Waals surface area contributed by atoms with E-state index in [0.717, 1.165) is 40.8 Å². The molecule has 1 aliphatic heterocycles. The number of likely N-dealkylation sites (tertiary alicyclic amines) is 1. The van der Waals surface area contributed by atoms with Gasteiger partial charge in [-0.2, -0.15) is 0 Å². The molecule has 4 aromatic rings. The van der Waals surface area contributed by atoms with E-state index in [1.807, 2.05) is 62.4 Å². The lowest BCUT2D eigenvalue weighted by Gasteiger charge is -2.30. The number of aromatic nitrogens is 4. The molecule has 0 saturated carbocycles. The maximum Gasteiger partial charge on any atom is 0.407 e. The van der Waals surface area contributed by atoms with Gasteiger partial charge in [-0.15, -0.1) is 0 Å². The lowest BCUT2D eigenvalue weighted by atomic mass is 10.0. The smallest absolute Gasteiger partial charge is 0.407 e. The van der Waals surface area contributed by atoms with Crippen LogP contribution in [0, 0.1) is 11.8 Å². The number of hydrogen-bond donors (Lipinski definition) is 6. The van der Waals surface area contributed by atoms with Gasteiger partial charge in [-0.05, 0) is 53.9 Å². The molecule has 6 N–H and O–H groups in total. The molecule has 0 spiro atoms. The van der Waals surface area contributed by atoms with E-state index in [0.29, 0.717) is 23.9 Å². The van der Waals surface area contributed by atoms with E-state index in [1.54, 1.807) is 38.1 Å². The van der Waals surface area contributed by atoms with Crippen LogP contribution in [0.25, 0.3) is 33.6 Å². The standard InChI is InChI=1S/C39H50N8O7/c1-21(2)31(45-38(51)53-6)36(49)44-33(23(5)48)35-41-20-29(43-35)27-16-12-25(13-17-27)24-10-14-26(15-11-24)28-19-40-34(42-28)30-9-8-18-47(30)37(50)32(22(3)4)46-39(52)54-7/h10-17,19-23,30-33,48H,8-9,18H2,1-7H3,(H,40,42)(H,41,43)(H,44,49)(H,45,51)(H,46,52)/t23-,30+,31+,32?,33+/m1/s1. The van der Waals surface area contributed by atoms with Gasteiger partial charge in [-0.3, -0.25) is 9.59 Å². The van der Waals surface area contributed by atoms with Gasteiger partial charge >= 0.3 is 12.2 Å². The van der Waals surface area contributed by atoms with Gasteiger partial charge in [0.2, 0.25) is 11.8 Å². The summed E-state index contributed by atoms with van der Waals surface area (Å²) in [5, 5.41) is 18.5. The Morgan fingerprint density at radius 3 is 1.76 bits per heavy atom. The number of methoxy groups -OCH3 is 2. The van der Waals surface area contributed by atoms with Crippen molar-refractivity contribution in [2.45, 2.75) is 77.7 Å². The number of carbonyl (C=O) groups is 4. The first-order chi connectivity index (χ1) is 25.8. The molecular weight excluding hydrogens is 692 g/mol. The van der Waals surface area contributed by atoms with Crippen LogP contribution in [-0.2, 0) is 19.1 Å². The number of H-pyrrole nitrogens is 2. The van der Waals surface area contributed by atoms with Gasteiger partial charge in [0.05, 0.1) is 50.1 Å². The van der Waals surface area contributed by atoms with Gasteiger partial charge in [0.15, 0.2) is 0 Å². The fourth-order valence-electron chi connectivity index (χ4n) is 6.55. The van der Waals surface area contributed by atoms with Crippen molar-refractivity contribution in [1.29, 1.82) is 0 Å². The average molecular weight is 743 g/mol. The highest BCUT2D eigenvalue weighted by molar-refractivity contribution is 5.87. The van der Waals surface area contributed by atoms with Gasteiger partial charge in [0, 0.05) is 6.54 Å². The molecule has 2 aromatic heterocycles. The van der Waals surface area contributed by atoms with E-state index in [1.165, 1.54) is 14.2 Å². The molecule has 1 aliphatic rings. The summed E-state index contributed by atoms with van der Waals surface area (Å²) in [5.74, 6) is 0.108. The van der Waals surface area contributed by atoms with Crippen LogP contribution < -0.4 is 16.0 Å². The number of nitrogens with one attached hydrogen (secondary N) is 5. The molecule has 5 rings (SSSR count). The minimum Gasteiger partial charge on any atom is -0.453 e. The molecule has 0 bridgehead atoms. The van der Waals surface area contributed by atoms with Crippen LogP contribution in [0.15, 0.2) is 60.9 Å². The molecule has 1 fully saturated rings. The molecule has 5 atom stereocenters. The molecule has 0 aliphatic carbocycles. The highest BCUT2D eigenvalue weighted by Crippen LogP contribution is 2.33. The number of nitrogens with zero attached hydrogens (tertiary/aromatic N) is 3. The number of amides is 4. The number of aromatic amines is 2. The molecule has 1 saturated heterocycles. The van der Waals surface area contributed by atoms with E-state index in [-0.39, 0.29) is 23.8 Å². The summed E-state index contributed by atoms with van der Waals surface area (Å²) in [7, 11) is 2.51. The molecule has 1 unspecified atom stereocenters. The van der Waals surface area contributed by atoms with Crippen molar-refractivity contribution in [3.05, 3.63) is 72.6 Å². The number of rotatable bonds is 13. The van der Waals surface area contributed by atoms with Crippen LogP contribution >= 0.6 is 0 Å². The van der Waals surface area contributed by atoms with Gasteiger partial charge in [0.1, 0.15) is 29.8 Å². The molecule has 0 radical (unpaired) electrons. The maximum atomic E-state index is 13.5. The van der Waals surface area contributed by atoms with Crippen molar-refractivity contribution < 1.29 is 33.8 Å². The number of aliphatic hydroxyl groups excluding tert-OH is 1. The maximum absolute atomic E-state index is 13.5. The molecule has 288 valence electrons. The predicted molar refractivity (Wildman–Crippen MR) is 202 cm³/mol. The third-order valence-corrected chi connectivity index (χ3v) is 9.64. The number of carbonyl (C=O) groups excluding carboxylic acids is 4. The normalized spacial score (nSPS) is 16.4. The summed E-state index contributed by atoms with van der Waals surface area (Å²) >= 11 is 0. The summed E-state index contributed by atoms with van der Waals surface area (Å²) in [6, 6.07) is 13.4. The number of hydrogen-bond acceptors (Lipinski definition) is 9. The second-order valence-electron chi connectivity index (χ2n) is 14.2. The van der Waals surface area contributed by atoms with Crippen LogP contribution in [0.3, 0.4) is 0 Å². The third kappa shape index (κ3) is 9.08. The van der Waals surface area contributed by atoms with Gasteiger partial charge in [0.25, 0.3) is 0 Å². The summed E-state index contributed by atoms with van der Waals surface area (Å²) in [6.45, 7) is 9.51. The third-order valence-electron chi connectivity index (χ3n) is 9.64. The first-order valence-electron chi connectivity index (χ1n) is 18.1. The topological polar surface area (TPSA) is 204 Å². The van der Waals surface area contributed by atoms with E-state index in [9.17, 15) is 24.3 Å². The lowest BCUT2D eigenvalue weighted by Crippen LogP contribution is -2.51. The summed E-state index contributed by atoms with van der Waals surface area (Å²) in [5.41, 5.74) is 5.36. The Kier molecular flexibility index (Phi) is 12.7. The highest BCUT2D eigenvalue weighted by Gasteiger charge is 2.37. The largest absolute Gasteiger partial charge is 0.453 e. The Labute approximate surface area is 314 Å². The summed E-state index contributed by atoms with van der Waals surface area (Å²) in [6.07, 6.45) is 2.70. The Morgan fingerprint density at radius 1 is 0.741 bits per heavy atom. The Balaban J connectivity index is 1.25. The SMILES string of the molecule is COC(=O)NC(C(=O)N1CCC[C@H]1c1ncc(-c2ccc(-c3ccc(-c4cnc([C@@H](NC(=O)[C@@H](NC(=O)OC)C(C)C)[C@@H](C)O)[nH]4)cc3)cc2)[nH]1)C(C)C. The van der Waals surface area contributed by atoms with Gasteiger partial charge in [-0.1, -0.05) is 76.2 Å². The lowest BCUT2D eigenvalue weighted by molar-refractivity contribution is -0.135. The first kappa shape index (κ1) is 39.5. The van der Waals surface area contributed by atoms with E-state index < -0.39 is 42.3 Å². The van der Waals surface area contributed by atoms with Gasteiger partial charge < -0.3 is 45.4 Å². The molecule has 15 heteroatoms. The second kappa shape index (κ2) is 17.4. The summed E-state index contributed by atoms with van der Waals surface area (Å²) in [4.78, 5) is 67.8. The molecule has 15 nitrogen and oxygen atoms in total. The monoisotopic (exact) mass is 742 g/mol. The fraction of sp³-hybridized carbons (Fsp3) is 0.436. The average Bonchev–Trinajstić information content (AvgIpc) is 3.96. The van der Waals surface area contributed by atoms with Crippen LogP contribution in [0.5, 0.6) is 0 Å². The molecular formula is C39H50N8O7. The van der Waals surface area contributed by atoms with Crippen LogP contribution in [0.1, 0.15) is 71.2 Å². The molecule has 4 amide bonds. The van der Waals surface area contributed by atoms with Crippen molar-refractivity contribution in [2.75, 3.05) is 20.8 Å². The zero-order valence-corrected chi connectivity index (χ0v) is 31.7. The van der Waals surface area contributed by atoms with E-state index in [4.69, 9.17) is 4.74 Å². The molecule has 3 heterocycles. The van der Waals surface area contributed by atoms with Crippen LogP contribution in [-0.4, -0.2) is 92.9 Å². The number of ether oxygens (including phenoxy) is 2. The van der Waals surface area contributed by atoms with Crippen molar-refractivity contribution >= 4 is 24.0 Å². The number of aliphatic hydroxyl groups is 1. The Bertz CT molecular complexity index is 1820. The first-order valence-corrected chi connectivity index (χ1v) is 18.1. The van der Waals surface area contributed by atoms with Crippen molar-refractivity contribution in [3.8, 4) is 33.6 Å². The van der Waals surface area contributed by atoms with E-state index in [2.05, 4.69) is 40.6 Å². The quantitative estimate of drug-likeness (QED) is 0.108. The number of imidazole rings is 2.